The number of nitrogens with one attached hydrogen (secondary N) is 1. The third kappa shape index (κ3) is 4.58. The van der Waals surface area contributed by atoms with Gasteiger partial charge in [-0.3, -0.25) is 14.6 Å². The first-order valence-corrected chi connectivity index (χ1v) is 8.83. The molecule has 2 amide bonds. The van der Waals surface area contributed by atoms with Gasteiger partial charge in [0, 0.05) is 30.8 Å². The molecule has 1 aromatic rings. The maximum absolute atomic E-state index is 12.5. The third-order valence-corrected chi connectivity index (χ3v) is 5.05. The maximum atomic E-state index is 12.5. The van der Waals surface area contributed by atoms with Crippen molar-refractivity contribution in [2.75, 3.05) is 5.75 Å². The highest BCUT2D eigenvalue weighted by Crippen LogP contribution is 2.31. The molecular weight excluding hydrogens is 310 g/mol. The number of hydrogen-bond donors (Lipinski definition) is 1. The molecule has 1 aliphatic rings. The highest BCUT2D eigenvalue weighted by atomic mass is 32.2. The van der Waals surface area contributed by atoms with Crippen molar-refractivity contribution in [3.05, 3.63) is 41.7 Å². The molecule has 1 aliphatic heterocycles. The Balaban J connectivity index is 2.05. The number of pyridine rings is 1. The highest BCUT2D eigenvalue weighted by molar-refractivity contribution is 8.00. The molecule has 23 heavy (non-hydrogen) atoms. The first-order chi connectivity index (χ1) is 11.0. The van der Waals surface area contributed by atoms with Gasteiger partial charge in [-0.2, -0.15) is 0 Å². The Morgan fingerprint density at radius 2 is 2.26 bits per heavy atom. The number of amides is 2. The second-order valence-corrected chi connectivity index (χ2v) is 6.97. The minimum Gasteiger partial charge on any atom is -0.350 e. The van der Waals surface area contributed by atoms with E-state index in [0.717, 1.165) is 17.6 Å². The molecule has 1 fully saturated rings. The molecule has 0 bridgehead atoms. The van der Waals surface area contributed by atoms with Crippen molar-refractivity contribution in [2.24, 2.45) is 0 Å². The fourth-order valence-corrected chi connectivity index (χ4v) is 3.87. The van der Waals surface area contributed by atoms with Crippen molar-refractivity contribution in [3.8, 4) is 0 Å². The zero-order chi connectivity index (χ0) is 16.8. The van der Waals surface area contributed by atoms with Gasteiger partial charge < -0.3 is 10.2 Å². The van der Waals surface area contributed by atoms with Crippen molar-refractivity contribution in [3.63, 3.8) is 0 Å². The van der Waals surface area contributed by atoms with Gasteiger partial charge in [0.05, 0.1) is 5.37 Å². The Kier molecular flexibility index (Phi) is 6.21. The second kappa shape index (κ2) is 8.15. The smallest absolute Gasteiger partial charge is 0.248 e. The van der Waals surface area contributed by atoms with Crippen LogP contribution in [0.2, 0.25) is 0 Å². The maximum Gasteiger partial charge on any atom is 0.248 e. The molecule has 2 unspecified atom stereocenters. The van der Waals surface area contributed by atoms with Crippen LogP contribution in [0.1, 0.15) is 32.8 Å². The van der Waals surface area contributed by atoms with Crippen LogP contribution in [0.15, 0.2) is 36.2 Å². The van der Waals surface area contributed by atoms with E-state index >= 15 is 0 Å². The van der Waals surface area contributed by atoms with Crippen LogP contribution in [-0.2, 0) is 16.1 Å². The Labute approximate surface area is 141 Å². The van der Waals surface area contributed by atoms with E-state index in [9.17, 15) is 9.59 Å². The summed E-state index contributed by atoms with van der Waals surface area (Å²) < 4.78 is 0. The van der Waals surface area contributed by atoms with Crippen LogP contribution >= 0.6 is 11.8 Å². The van der Waals surface area contributed by atoms with E-state index in [4.69, 9.17) is 0 Å². The van der Waals surface area contributed by atoms with Gasteiger partial charge >= 0.3 is 0 Å². The predicted molar refractivity (Wildman–Crippen MR) is 92.7 cm³/mol. The van der Waals surface area contributed by atoms with Gasteiger partial charge in [0.1, 0.15) is 6.04 Å². The predicted octanol–water partition coefficient (Wildman–Crippen LogP) is 2.34. The third-order valence-electron chi connectivity index (χ3n) is 3.60. The van der Waals surface area contributed by atoms with E-state index in [-0.39, 0.29) is 17.2 Å². The van der Waals surface area contributed by atoms with Crippen LogP contribution in [0.25, 0.3) is 0 Å². The molecule has 0 saturated carbocycles. The summed E-state index contributed by atoms with van der Waals surface area (Å²) in [5, 5.41) is 2.98. The van der Waals surface area contributed by atoms with Gasteiger partial charge in [0.2, 0.25) is 11.8 Å². The first-order valence-electron chi connectivity index (χ1n) is 7.78. The fraction of sp³-hybridized carbons (Fsp3) is 0.471. The van der Waals surface area contributed by atoms with Crippen molar-refractivity contribution >= 4 is 23.6 Å². The molecule has 1 saturated heterocycles. The summed E-state index contributed by atoms with van der Waals surface area (Å²) in [7, 11) is 0. The molecule has 2 rings (SSSR count). The number of thioether (sulfide) groups is 1. The Bertz CT molecular complexity index is 585. The van der Waals surface area contributed by atoms with E-state index in [1.807, 2.05) is 32.9 Å². The first kappa shape index (κ1) is 17.5. The molecule has 5 nitrogen and oxygen atoms in total. The van der Waals surface area contributed by atoms with E-state index in [1.54, 1.807) is 35.1 Å². The molecule has 2 heterocycles. The lowest BCUT2D eigenvalue weighted by molar-refractivity contribution is -0.136. The monoisotopic (exact) mass is 333 g/mol. The molecule has 1 aromatic heterocycles. The molecule has 0 aromatic carbocycles. The highest BCUT2D eigenvalue weighted by Gasteiger charge is 2.39. The molecule has 0 radical (unpaired) electrons. The number of allylic oxidation sites excluding steroid dienone is 1. The quantitative estimate of drug-likeness (QED) is 0.840. The summed E-state index contributed by atoms with van der Waals surface area (Å²) in [6.07, 6.45) is 5.87. The summed E-state index contributed by atoms with van der Waals surface area (Å²) in [5.41, 5.74) is 1.89. The van der Waals surface area contributed by atoms with Crippen LogP contribution in [-0.4, -0.2) is 38.9 Å². The summed E-state index contributed by atoms with van der Waals surface area (Å²) in [4.78, 5) is 30.7. The van der Waals surface area contributed by atoms with Gasteiger partial charge in [0.25, 0.3) is 0 Å². The van der Waals surface area contributed by atoms with Crippen molar-refractivity contribution in [2.45, 2.75) is 45.2 Å². The molecule has 0 spiro atoms. The van der Waals surface area contributed by atoms with Gasteiger partial charge in [-0.15, -0.1) is 11.8 Å². The SMILES string of the molecule is CCC1SCC(C(=O)NCc2cccnc2)N1C(=O)C=C(C)C. The molecular formula is C17H23N3O2S. The lowest BCUT2D eigenvalue weighted by Gasteiger charge is -2.27. The molecule has 2 atom stereocenters. The van der Waals surface area contributed by atoms with Crippen LogP contribution in [0.5, 0.6) is 0 Å². The van der Waals surface area contributed by atoms with E-state index < -0.39 is 6.04 Å². The average molecular weight is 333 g/mol. The average Bonchev–Trinajstić information content (AvgIpc) is 2.97. The minimum atomic E-state index is -0.412. The zero-order valence-corrected chi connectivity index (χ0v) is 14.6. The summed E-state index contributed by atoms with van der Waals surface area (Å²) in [5.74, 6) is 0.455. The topological polar surface area (TPSA) is 62.3 Å². The Morgan fingerprint density at radius 1 is 1.48 bits per heavy atom. The number of carbonyl (C=O) groups is 2. The van der Waals surface area contributed by atoms with E-state index in [0.29, 0.717) is 12.3 Å². The van der Waals surface area contributed by atoms with Crippen LogP contribution in [0.3, 0.4) is 0 Å². The van der Waals surface area contributed by atoms with Gasteiger partial charge in [-0.05, 0) is 31.9 Å². The van der Waals surface area contributed by atoms with E-state index in [1.165, 1.54) is 0 Å². The summed E-state index contributed by atoms with van der Waals surface area (Å²) in [6.45, 7) is 6.24. The lowest BCUT2D eigenvalue weighted by Crippen LogP contribution is -2.49. The zero-order valence-electron chi connectivity index (χ0n) is 13.8. The van der Waals surface area contributed by atoms with Crippen molar-refractivity contribution < 1.29 is 9.59 Å². The number of aromatic nitrogens is 1. The van der Waals surface area contributed by atoms with Gasteiger partial charge in [-0.1, -0.05) is 18.6 Å². The molecule has 124 valence electrons. The summed E-state index contributed by atoms with van der Waals surface area (Å²) >= 11 is 1.67. The largest absolute Gasteiger partial charge is 0.350 e. The van der Waals surface area contributed by atoms with Crippen LogP contribution in [0.4, 0.5) is 0 Å². The lowest BCUT2D eigenvalue weighted by atomic mass is 10.2. The Hall–Kier alpha value is -1.82. The molecule has 1 N–H and O–H groups in total. The van der Waals surface area contributed by atoms with Gasteiger partial charge in [0.15, 0.2) is 0 Å². The summed E-state index contributed by atoms with van der Waals surface area (Å²) in [6, 6.07) is 3.34. The normalized spacial score (nSPS) is 20.2. The van der Waals surface area contributed by atoms with Crippen molar-refractivity contribution in [1.82, 2.24) is 15.2 Å². The number of hydrogen-bond acceptors (Lipinski definition) is 4. The van der Waals surface area contributed by atoms with E-state index in [2.05, 4.69) is 10.3 Å². The molecule has 0 aliphatic carbocycles. The standard InChI is InChI=1S/C17H23N3O2S/c1-4-16-20(15(21)8-12(2)3)14(11-23-16)17(22)19-10-13-6-5-7-18-9-13/h5-9,14,16H,4,10-11H2,1-3H3,(H,19,22). The Morgan fingerprint density at radius 3 is 2.87 bits per heavy atom. The fourth-order valence-electron chi connectivity index (χ4n) is 2.51. The second-order valence-electron chi connectivity index (χ2n) is 5.76. The number of carbonyl (C=O) groups excluding carboxylic acids is 2. The van der Waals surface area contributed by atoms with Crippen molar-refractivity contribution in [1.29, 1.82) is 0 Å². The number of rotatable bonds is 5. The van der Waals surface area contributed by atoms with Crippen LogP contribution in [0, 0.1) is 0 Å². The van der Waals surface area contributed by atoms with Crippen LogP contribution < -0.4 is 5.32 Å². The minimum absolute atomic E-state index is 0.0623. The van der Waals surface area contributed by atoms with Gasteiger partial charge in [-0.25, -0.2) is 0 Å². The number of nitrogens with zero attached hydrogens (tertiary/aromatic N) is 2. The molecule has 6 heteroatoms.